The van der Waals surface area contributed by atoms with Crippen molar-refractivity contribution in [2.45, 2.75) is 40.0 Å². The Labute approximate surface area is 210 Å². The lowest BCUT2D eigenvalue weighted by Gasteiger charge is -2.33. The second-order valence-corrected chi connectivity index (χ2v) is 9.77. The number of imidazole rings is 1. The van der Waals surface area contributed by atoms with Crippen molar-refractivity contribution in [3.05, 3.63) is 77.7 Å². The first-order chi connectivity index (χ1) is 17.1. The molecule has 1 aliphatic rings. The van der Waals surface area contributed by atoms with E-state index in [4.69, 9.17) is 9.47 Å². The van der Waals surface area contributed by atoms with E-state index in [2.05, 4.69) is 15.3 Å². The Morgan fingerprint density at radius 1 is 1.00 bits per heavy atom. The maximum atomic E-state index is 12.7. The van der Waals surface area contributed by atoms with Crippen LogP contribution in [0.25, 0.3) is 0 Å². The number of aryl methyl sites for hydroxylation is 1. The van der Waals surface area contributed by atoms with Crippen LogP contribution in [0.3, 0.4) is 0 Å². The van der Waals surface area contributed by atoms with Gasteiger partial charge in [0, 0.05) is 14.1 Å². The molecule has 188 valence electrons. The molecule has 9 heteroatoms. The van der Waals surface area contributed by atoms with Gasteiger partial charge in [-0.3, -0.25) is 14.9 Å². The number of hydrogen-bond donors (Lipinski definition) is 1. The Kier molecular flexibility index (Phi) is 7.21. The molecule has 1 N–H and O–H groups in total. The lowest BCUT2D eigenvalue weighted by molar-refractivity contribution is -0.143. The Hall–Kier alpha value is -3.98. The summed E-state index contributed by atoms with van der Waals surface area (Å²) < 4.78 is 13.5. The van der Waals surface area contributed by atoms with E-state index in [1.54, 1.807) is 35.0 Å². The van der Waals surface area contributed by atoms with Crippen LogP contribution in [-0.2, 0) is 34.4 Å². The van der Waals surface area contributed by atoms with Crippen molar-refractivity contribution in [1.29, 1.82) is 0 Å². The number of nitrogens with zero attached hydrogens (tertiary/aromatic N) is 4. The molecule has 1 aliphatic heterocycles. The fraction of sp³-hybridized carbons (Fsp3) is 0.333. The van der Waals surface area contributed by atoms with Crippen LogP contribution >= 0.6 is 0 Å². The van der Waals surface area contributed by atoms with E-state index < -0.39 is 11.6 Å². The number of aromatic nitrogens is 2. The van der Waals surface area contributed by atoms with Gasteiger partial charge in [0.1, 0.15) is 11.4 Å². The maximum absolute atomic E-state index is 12.7. The molecule has 1 atom stereocenters. The Morgan fingerprint density at radius 2 is 1.69 bits per heavy atom. The first-order valence-corrected chi connectivity index (χ1v) is 11.7. The van der Waals surface area contributed by atoms with E-state index in [9.17, 15) is 9.59 Å². The fourth-order valence-electron chi connectivity index (χ4n) is 3.57. The largest absolute Gasteiger partial charge is 0.426 e. The monoisotopic (exact) mass is 489 g/mol. The summed E-state index contributed by atoms with van der Waals surface area (Å²) in [5.74, 6) is 1.03. The molecule has 0 spiro atoms. The van der Waals surface area contributed by atoms with Gasteiger partial charge in [0.15, 0.2) is 12.0 Å². The van der Waals surface area contributed by atoms with E-state index in [0.717, 1.165) is 11.1 Å². The highest BCUT2D eigenvalue weighted by Crippen LogP contribution is 2.33. The molecule has 0 aliphatic carbocycles. The van der Waals surface area contributed by atoms with Crippen LogP contribution in [0.2, 0.25) is 0 Å². The highest BCUT2D eigenvalue weighted by molar-refractivity contribution is 5.99. The van der Waals surface area contributed by atoms with Crippen LogP contribution in [-0.4, -0.2) is 39.3 Å². The van der Waals surface area contributed by atoms with Crippen molar-refractivity contribution in [3.8, 4) is 5.75 Å². The van der Waals surface area contributed by atoms with Gasteiger partial charge in [-0.1, -0.05) is 42.5 Å². The van der Waals surface area contributed by atoms with Crippen LogP contribution in [0.1, 0.15) is 43.8 Å². The third-order valence-electron chi connectivity index (χ3n) is 5.68. The molecule has 9 nitrogen and oxygen atoms in total. The Balaban J connectivity index is 1.44. The van der Waals surface area contributed by atoms with E-state index in [1.165, 1.54) is 0 Å². The number of aliphatic imine (C=N–C) groups is 1. The Morgan fingerprint density at radius 3 is 2.36 bits per heavy atom. The van der Waals surface area contributed by atoms with Crippen molar-refractivity contribution in [1.82, 2.24) is 19.8 Å². The third kappa shape index (κ3) is 5.80. The molecular weight excluding hydrogens is 458 g/mol. The van der Waals surface area contributed by atoms with Gasteiger partial charge in [-0.25, -0.2) is 4.98 Å². The minimum atomic E-state index is -0.580. The van der Waals surface area contributed by atoms with E-state index in [-0.39, 0.29) is 24.9 Å². The number of nitrogens with one attached hydrogen (secondary N) is 1. The van der Waals surface area contributed by atoms with Gasteiger partial charge in [0.05, 0.1) is 24.8 Å². The summed E-state index contributed by atoms with van der Waals surface area (Å²) in [6.07, 6.45) is 1.36. The smallest absolute Gasteiger partial charge is 0.316 e. The molecule has 0 fully saturated rings. The summed E-state index contributed by atoms with van der Waals surface area (Å²) in [7, 11) is 3.65. The normalized spacial score (nSPS) is 15.2. The number of hydrogen-bond acceptors (Lipinski definition) is 7. The quantitative estimate of drug-likeness (QED) is 0.417. The van der Waals surface area contributed by atoms with Crippen molar-refractivity contribution in [3.63, 3.8) is 0 Å². The van der Waals surface area contributed by atoms with E-state index in [1.807, 2.05) is 70.3 Å². The number of ether oxygens (including phenoxy) is 2. The summed E-state index contributed by atoms with van der Waals surface area (Å²) in [5, 5.41) is 2.91. The van der Waals surface area contributed by atoms with E-state index >= 15 is 0 Å². The highest BCUT2D eigenvalue weighted by atomic mass is 16.5. The number of amides is 1. The summed E-state index contributed by atoms with van der Waals surface area (Å²) in [6, 6.07) is 16.7. The first kappa shape index (κ1) is 25.1. The van der Waals surface area contributed by atoms with Crippen LogP contribution in [0, 0.1) is 5.41 Å². The second kappa shape index (κ2) is 10.3. The van der Waals surface area contributed by atoms with Gasteiger partial charge in [-0.2, -0.15) is 4.99 Å². The number of guanidine groups is 1. The maximum Gasteiger partial charge on any atom is 0.316 e. The van der Waals surface area contributed by atoms with Gasteiger partial charge < -0.3 is 18.9 Å². The molecule has 2 aromatic carbocycles. The van der Waals surface area contributed by atoms with Crippen LogP contribution in [0.4, 0.5) is 5.82 Å². The number of esters is 1. The fourth-order valence-corrected chi connectivity index (χ4v) is 3.57. The van der Waals surface area contributed by atoms with Crippen molar-refractivity contribution in [2.24, 2.45) is 17.5 Å². The first-order valence-electron chi connectivity index (χ1n) is 11.7. The topological polar surface area (TPSA) is 98.1 Å². The summed E-state index contributed by atoms with van der Waals surface area (Å²) in [6.45, 7) is 5.72. The molecule has 36 heavy (non-hydrogen) atoms. The SMILES string of the molecule is CN1C(NC(=O)Cc2ccccc2)=Nc2c(ncn2C)C1OCc1ccc(OC(=O)C(C)(C)C)cc1. The molecule has 3 aromatic rings. The zero-order chi connectivity index (χ0) is 25.9. The summed E-state index contributed by atoms with van der Waals surface area (Å²) >= 11 is 0. The predicted octanol–water partition coefficient (Wildman–Crippen LogP) is 3.88. The second-order valence-electron chi connectivity index (χ2n) is 9.77. The molecular formula is C27H31N5O4. The number of benzene rings is 2. The van der Waals surface area contributed by atoms with Gasteiger partial charge in [0.2, 0.25) is 11.9 Å². The zero-order valence-corrected chi connectivity index (χ0v) is 21.2. The molecule has 0 bridgehead atoms. The van der Waals surface area contributed by atoms with Crippen molar-refractivity contribution < 1.29 is 19.1 Å². The third-order valence-corrected chi connectivity index (χ3v) is 5.68. The number of carbonyl (C=O) groups excluding carboxylic acids is 2. The van der Waals surface area contributed by atoms with Crippen LogP contribution in [0.15, 0.2) is 65.9 Å². The van der Waals surface area contributed by atoms with E-state index in [0.29, 0.717) is 23.2 Å². The number of fused-ring (bicyclic) bond motifs is 1. The molecule has 4 rings (SSSR count). The molecule has 0 saturated heterocycles. The van der Waals surface area contributed by atoms with Crippen molar-refractivity contribution in [2.75, 3.05) is 7.05 Å². The van der Waals surface area contributed by atoms with Gasteiger partial charge >= 0.3 is 5.97 Å². The van der Waals surface area contributed by atoms with Crippen LogP contribution in [0.5, 0.6) is 5.75 Å². The number of rotatable bonds is 6. The average molecular weight is 490 g/mol. The molecule has 1 aromatic heterocycles. The van der Waals surface area contributed by atoms with Gasteiger partial charge in [0.25, 0.3) is 0 Å². The summed E-state index contributed by atoms with van der Waals surface area (Å²) in [5.41, 5.74) is 1.90. The van der Waals surface area contributed by atoms with Crippen LogP contribution < -0.4 is 10.1 Å². The van der Waals surface area contributed by atoms with Crippen molar-refractivity contribution >= 4 is 23.7 Å². The molecule has 0 radical (unpaired) electrons. The highest BCUT2D eigenvalue weighted by Gasteiger charge is 2.32. The molecule has 0 saturated carbocycles. The number of carbonyl (C=O) groups is 2. The average Bonchev–Trinajstić information content (AvgIpc) is 3.20. The molecule has 2 heterocycles. The lowest BCUT2D eigenvalue weighted by Crippen LogP contribution is -2.46. The minimum Gasteiger partial charge on any atom is -0.426 e. The zero-order valence-electron chi connectivity index (χ0n) is 21.2. The van der Waals surface area contributed by atoms with Gasteiger partial charge in [-0.05, 0) is 44.0 Å². The van der Waals surface area contributed by atoms with Gasteiger partial charge in [-0.15, -0.1) is 0 Å². The Bertz CT molecular complexity index is 1260. The lowest BCUT2D eigenvalue weighted by atomic mass is 9.97. The minimum absolute atomic E-state index is 0.170. The molecule has 1 amide bonds. The summed E-state index contributed by atoms with van der Waals surface area (Å²) in [4.78, 5) is 35.7. The molecule has 1 unspecified atom stereocenters. The standard InChI is InChI=1S/C27H31N5O4/c1-27(2,3)25(34)36-20-13-11-19(12-14-20)16-35-24-22-23(31(4)17-28-22)30-26(32(24)5)29-21(33)15-18-9-7-6-8-10-18/h6-14,17,24H,15-16H2,1-5H3,(H,29,30,33). The predicted molar refractivity (Wildman–Crippen MR) is 135 cm³/mol.